The van der Waals surface area contributed by atoms with Crippen LogP contribution in [0.15, 0.2) is 85.1 Å². The van der Waals surface area contributed by atoms with Crippen LogP contribution < -0.4 is 0 Å². The normalized spacial score (nSPS) is 13.0. The van der Waals surface area contributed by atoms with E-state index in [1.54, 1.807) is 0 Å². The molecule has 5 nitrogen and oxygen atoms in total. The number of hydrogen-bond acceptors (Lipinski definition) is 5. The number of rotatable bonds is 39. The Morgan fingerprint density at radius 2 is 0.870 bits per heavy atom. The summed E-state index contributed by atoms with van der Waals surface area (Å²) in [4.78, 5) is 25.1. The number of ether oxygens (including phenoxy) is 3. The van der Waals surface area contributed by atoms with Crippen LogP contribution in [-0.4, -0.2) is 37.9 Å². The molecule has 0 heterocycles. The summed E-state index contributed by atoms with van der Waals surface area (Å²) in [6.07, 6.45) is 57.4. The van der Waals surface area contributed by atoms with Crippen molar-refractivity contribution in [1.82, 2.24) is 0 Å². The fourth-order valence-electron chi connectivity index (χ4n) is 5.65. The minimum atomic E-state index is -0.568. The first-order chi connectivity index (χ1) is 26.6. The molecular formula is C49H82O5. The highest BCUT2D eigenvalue weighted by molar-refractivity contribution is 5.70. The molecule has 0 aromatic carbocycles. The SMILES string of the molecule is CC/C=C\C/C=C\C/C=C\C/C=C\C/C=C\C/C=C\CCC(=O)OCC(COCCCCCCCC)OC(=O)CCCCCCC/C=C\CCCCCC. The van der Waals surface area contributed by atoms with Crippen LogP contribution in [0.4, 0.5) is 0 Å². The molecule has 1 unspecified atom stereocenters. The summed E-state index contributed by atoms with van der Waals surface area (Å²) in [7, 11) is 0. The quantitative estimate of drug-likeness (QED) is 0.0356. The minimum absolute atomic E-state index is 0.0386. The first-order valence-electron chi connectivity index (χ1n) is 22.1. The number of unbranched alkanes of at least 4 members (excludes halogenated alkanes) is 14. The van der Waals surface area contributed by atoms with Gasteiger partial charge in [0.2, 0.25) is 0 Å². The summed E-state index contributed by atoms with van der Waals surface area (Å²) in [6.45, 7) is 7.55. The first-order valence-corrected chi connectivity index (χ1v) is 22.1. The second kappa shape index (κ2) is 44.5. The van der Waals surface area contributed by atoms with Crippen LogP contribution in [0.25, 0.3) is 0 Å². The molecule has 1 atom stereocenters. The molecule has 0 fully saturated rings. The maximum atomic E-state index is 12.6. The van der Waals surface area contributed by atoms with Crippen molar-refractivity contribution >= 4 is 11.9 Å². The van der Waals surface area contributed by atoms with Crippen LogP contribution in [0.1, 0.15) is 188 Å². The van der Waals surface area contributed by atoms with Gasteiger partial charge >= 0.3 is 11.9 Å². The fourth-order valence-corrected chi connectivity index (χ4v) is 5.65. The predicted octanol–water partition coefficient (Wildman–Crippen LogP) is 14.6. The molecule has 0 aliphatic carbocycles. The zero-order chi connectivity index (χ0) is 39.3. The molecule has 54 heavy (non-hydrogen) atoms. The van der Waals surface area contributed by atoms with Gasteiger partial charge in [-0.3, -0.25) is 9.59 Å². The van der Waals surface area contributed by atoms with Crippen LogP contribution in [-0.2, 0) is 23.8 Å². The van der Waals surface area contributed by atoms with Gasteiger partial charge < -0.3 is 14.2 Å². The molecular weight excluding hydrogens is 669 g/mol. The molecule has 0 aromatic heterocycles. The smallest absolute Gasteiger partial charge is 0.306 e. The molecule has 0 amide bonds. The van der Waals surface area contributed by atoms with Gasteiger partial charge in [0.15, 0.2) is 6.10 Å². The van der Waals surface area contributed by atoms with Crippen molar-refractivity contribution in [1.29, 1.82) is 0 Å². The molecule has 308 valence electrons. The molecule has 0 radical (unpaired) electrons. The Bertz CT molecular complexity index is 1030. The first kappa shape index (κ1) is 51.1. The Morgan fingerprint density at radius 1 is 0.426 bits per heavy atom. The van der Waals surface area contributed by atoms with Gasteiger partial charge in [0, 0.05) is 19.4 Å². The van der Waals surface area contributed by atoms with Crippen molar-refractivity contribution in [3.8, 4) is 0 Å². The third-order valence-corrected chi connectivity index (χ3v) is 8.93. The van der Waals surface area contributed by atoms with Crippen molar-refractivity contribution in [2.24, 2.45) is 0 Å². The lowest BCUT2D eigenvalue weighted by atomic mass is 10.1. The average molecular weight is 751 g/mol. The van der Waals surface area contributed by atoms with Crippen LogP contribution >= 0.6 is 0 Å². The topological polar surface area (TPSA) is 61.8 Å². The lowest BCUT2D eigenvalue weighted by Crippen LogP contribution is -2.30. The lowest BCUT2D eigenvalue weighted by molar-refractivity contribution is -0.162. The van der Waals surface area contributed by atoms with Crippen LogP contribution in [0.2, 0.25) is 0 Å². The summed E-state index contributed by atoms with van der Waals surface area (Å²) in [5, 5.41) is 0. The molecule has 0 aliphatic rings. The van der Waals surface area contributed by atoms with E-state index in [-0.39, 0.29) is 25.2 Å². The number of carbonyl (C=O) groups excluding carboxylic acids is 2. The predicted molar refractivity (Wildman–Crippen MR) is 233 cm³/mol. The van der Waals surface area contributed by atoms with E-state index in [2.05, 4.69) is 99.8 Å². The number of allylic oxidation sites excluding steroid dienone is 14. The fraction of sp³-hybridized carbons (Fsp3) is 0.673. The Balaban J connectivity index is 4.28. The highest BCUT2D eigenvalue weighted by Crippen LogP contribution is 2.11. The number of hydrogen-bond donors (Lipinski definition) is 0. The van der Waals surface area contributed by atoms with Gasteiger partial charge in [0.25, 0.3) is 0 Å². The van der Waals surface area contributed by atoms with E-state index in [1.807, 2.05) is 6.08 Å². The second-order valence-electron chi connectivity index (χ2n) is 14.2. The molecule has 0 bridgehead atoms. The van der Waals surface area contributed by atoms with E-state index in [0.29, 0.717) is 25.9 Å². The molecule has 0 N–H and O–H groups in total. The van der Waals surface area contributed by atoms with Gasteiger partial charge in [-0.05, 0) is 83.5 Å². The number of esters is 2. The largest absolute Gasteiger partial charge is 0.462 e. The zero-order valence-electron chi connectivity index (χ0n) is 35.2. The standard InChI is InChI=1S/C49H82O5/c1-4-7-10-13-16-18-20-22-23-24-25-26-27-29-30-32-34-36-39-42-48(50)53-46-47(45-52-44-41-38-15-12-9-6-3)54-49(51)43-40-37-35-33-31-28-21-19-17-14-11-8-5-2/h7,10,16,18-19,21-23,25-26,29-30,34,36,47H,4-6,8-9,11-15,17,20,24,27-28,31-33,35,37-46H2,1-3H3/b10-7-,18-16-,21-19-,23-22-,26-25-,30-29-,36-34-. The van der Waals surface area contributed by atoms with E-state index in [1.165, 1.54) is 70.6 Å². The van der Waals surface area contributed by atoms with Crippen molar-refractivity contribution < 1.29 is 23.8 Å². The highest BCUT2D eigenvalue weighted by atomic mass is 16.6. The van der Waals surface area contributed by atoms with Crippen LogP contribution in [0, 0.1) is 0 Å². The van der Waals surface area contributed by atoms with Gasteiger partial charge in [0.1, 0.15) is 6.61 Å². The van der Waals surface area contributed by atoms with Crippen molar-refractivity contribution in [3.63, 3.8) is 0 Å². The van der Waals surface area contributed by atoms with Gasteiger partial charge in [-0.15, -0.1) is 0 Å². The van der Waals surface area contributed by atoms with Crippen molar-refractivity contribution in [3.05, 3.63) is 85.1 Å². The molecule has 0 saturated heterocycles. The van der Waals surface area contributed by atoms with Gasteiger partial charge in [-0.1, -0.05) is 176 Å². The average Bonchev–Trinajstić information content (AvgIpc) is 3.17. The maximum absolute atomic E-state index is 12.6. The highest BCUT2D eigenvalue weighted by Gasteiger charge is 2.17. The Morgan fingerprint density at radius 3 is 1.43 bits per heavy atom. The lowest BCUT2D eigenvalue weighted by Gasteiger charge is -2.18. The zero-order valence-corrected chi connectivity index (χ0v) is 35.2. The Hall–Kier alpha value is -2.92. The van der Waals surface area contributed by atoms with E-state index < -0.39 is 6.10 Å². The van der Waals surface area contributed by atoms with E-state index >= 15 is 0 Å². The number of carbonyl (C=O) groups is 2. The summed E-state index contributed by atoms with van der Waals surface area (Å²) in [5.74, 6) is -0.513. The summed E-state index contributed by atoms with van der Waals surface area (Å²) < 4.78 is 17.1. The summed E-state index contributed by atoms with van der Waals surface area (Å²) >= 11 is 0. The second-order valence-corrected chi connectivity index (χ2v) is 14.2. The summed E-state index contributed by atoms with van der Waals surface area (Å²) in [5.41, 5.74) is 0. The molecule has 0 spiro atoms. The third kappa shape index (κ3) is 41.8. The van der Waals surface area contributed by atoms with Gasteiger partial charge in [-0.25, -0.2) is 0 Å². The van der Waals surface area contributed by atoms with Crippen molar-refractivity contribution in [2.75, 3.05) is 19.8 Å². The third-order valence-electron chi connectivity index (χ3n) is 8.93. The van der Waals surface area contributed by atoms with E-state index in [4.69, 9.17) is 14.2 Å². The maximum Gasteiger partial charge on any atom is 0.306 e. The molecule has 0 aliphatic heterocycles. The van der Waals surface area contributed by atoms with E-state index in [9.17, 15) is 9.59 Å². The monoisotopic (exact) mass is 751 g/mol. The van der Waals surface area contributed by atoms with Crippen LogP contribution in [0.5, 0.6) is 0 Å². The molecule has 0 rings (SSSR count). The van der Waals surface area contributed by atoms with Crippen LogP contribution in [0.3, 0.4) is 0 Å². The molecule has 0 aromatic rings. The minimum Gasteiger partial charge on any atom is -0.462 e. The van der Waals surface area contributed by atoms with E-state index in [0.717, 1.165) is 77.0 Å². The molecule has 5 heteroatoms. The Kier molecular flexibility index (Phi) is 42.1. The summed E-state index contributed by atoms with van der Waals surface area (Å²) in [6, 6.07) is 0. The molecule has 0 saturated carbocycles. The van der Waals surface area contributed by atoms with Crippen molar-refractivity contribution in [2.45, 2.75) is 194 Å². The Labute approximate surface area is 333 Å². The van der Waals surface area contributed by atoms with Gasteiger partial charge in [0.05, 0.1) is 6.61 Å². The van der Waals surface area contributed by atoms with Gasteiger partial charge in [-0.2, -0.15) is 0 Å².